The van der Waals surface area contributed by atoms with Crippen LogP contribution in [0, 0.1) is 17.0 Å². The number of aromatic nitrogens is 2. The summed E-state index contributed by atoms with van der Waals surface area (Å²) in [4.78, 5) is 14.7. The largest absolute Gasteiger partial charge is 0.392 e. The fourth-order valence-electron chi connectivity index (χ4n) is 2.36. The summed E-state index contributed by atoms with van der Waals surface area (Å²) in [6.45, 7) is 2.31. The van der Waals surface area contributed by atoms with Crippen LogP contribution in [0.25, 0.3) is 11.4 Å². The van der Waals surface area contributed by atoms with Gasteiger partial charge in [-0.1, -0.05) is 11.2 Å². The summed E-state index contributed by atoms with van der Waals surface area (Å²) in [6, 6.07) is 4.34. The number of hydrogen-bond donors (Lipinski definition) is 2. The first-order valence-electron chi connectivity index (χ1n) is 6.55. The Morgan fingerprint density at radius 2 is 2.33 bits per heavy atom. The summed E-state index contributed by atoms with van der Waals surface area (Å²) in [6.07, 6.45) is 0.0835. The van der Waals surface area contributed by atoms with Gasteiger partial charge in [-0.2, -0.15) is 4.98 Å². The molecule has 0 bridgehead atoms. The minimum absolute atomic E-state index is 0.0173. The Balaban J connectivity index is 1.92. The van der Waals surface area contributed by atoms with Crippen molar-refractivity contribution >= 4 is 5.69 Å². The quantitative estimate of drug-likeness (QED) is 0.647. The van der Waals surface area contributed by atoms with Crippen LogP contribution in [0.5, 0.6) is 0 Å². The Morgan fingerprint density at radius 3 is 3.00 bits per heavy atom. The molecule has 1 saturated heterocycles. The van der Waals surface area contributed by atoms with Crippen molar-refractivity contribution in [2.75, 3.05) is 6.54 Å². The van der Waals surface area contributed by atoms with E-state index in [2.05, 4.69) is 15.5 Å². The van der Waals surface area contributed by atoms with E-state index in [1.54, 1.807) is 6.07 Å². The van der Waals surface area contributed by atoms with Gasteiger partial charge in [-0.25, -0.2) is 0 Å². The van der Waals surface area contributed by atoms with Gasteiger partial charge in [0.15, 0.2) is 0 Å². The molecule has 8 nitrogen and oxygen atoms in total. The van der Waals surface area contributed by atoms with Crippen LogP contribution in [-0.2, 0) is 0 Å². The zero-order valence-corrected chi connectivity index (χ0v) is 11.3. The second-order valence-corrected chi connectivity index (χ2v) is 5.06. The van der Waals surface area contributed by atoms with E-state index < -0.39 is 11.0 Å². The molecule has 2 N–H and O–H groups in total. The Morgan fingerprint density at radius 1 is 1.52 bits per heavy atom. The van der Waals surface area contributed by atoms with Crippen molar-refractivity contribution < 1.29 is 14.6 Å². The molecule has 8 heteroatoms. The van der Waals surface area contributed by atoms with E-state index in [9.17, 15) is 15.2 Å². The van der Waals surface area contributed by atoms with Crippen molar-refractivity contribution in [3.63, 3.8) is 0 Å². The molecule has 1 aliphatic rings. The maximum absolute atomic E-state index is 10.8. The first kappa shape index (κ1) is 13.7. The average Bonchev–Trinajstić information content (AvgIpc) is 3.07. The van der Waals surface area contributed by atoms with Gasteiger partial charge in [0.2, 0.25) is 11.7 Å². The average molecular weight is 290 g/mol. The molecule has 1 aromatic carbocycles. The minimum Gasteiger partial charge on any atom is -0.392 e. The van der Waals surface area contributed by atoms with Crippen molar-refractivity contribution in [1.82, 2.24) is 15.5 Å². The number of aliphatic hydroxyl groups excluding tert-OH is 1. The molecule has 0 radical (unpaired) electrons. The second-order valence-electron chi connectivity index (χ2n) is 5.06. The number of aliphatic hydroxyl groups is 1. The van der Waals surface area contributed by atoms with Gasteiger partial charge in [0.25, 0.3) is 5.69 Å². The highest BCUT2D eigenvalue weighted by molar-refractivity contribution is 5.63. The highest BCUT2D eigenvalue weighted by atomic mass is 16.6. The van der Waals surface area contributed by atoms with E-state index in [0.29, 0.717) is 30.2 Å². The van der Waals surface area contributed by atoms with Crippen LogP contribution in [0.3, 0.4) is 0 Å². The Kier molecular flexibility index (Phi) is 3.40. The predicted molar refractivity (Wildman–Crippen MR) is 72.5 cm³/mol. The number of non-ortho nitro benzene ring substituents is 1. The van der Waals surface area contributed by atoms with Crippen LogP contribution < -0.4 is 5.32 Å². The summed E-state index contributed by atoms with van der Waals surface area (Å²) in [7, 11) is 0. The first-order chi connectivity index (χ1) is 10.0. The molecule has 110 valence electrons. The molecule has 0 saturated carbocycles. The molecule has 3 rings (SSSR count). The molecule has 2 atom stereocenters. The van der Waals surface area contributed by atoms with Gasteiger partial charge in [0.05, 0.1) is 17.1 Å². The molecule has 0 spiro atoms. The number of β-amino-alcohol motifs (C(OH)–C–C–N with tert-alkyl or cyclic N) is 1. The molecular weight excluding hydrogens is 276 g/mol. The van der Waals surface area contributed by atoms with Crippen molar-refractivity contribution in [3.8, 4) is 11.4 Å². The van der Waals surface area contributed by atoms with Gasteiger partial charge < -0.3 is 14.9 Å². The topological polar surface area (TPSA) is 114 Å². The third-order valence-corrected chi connectivity index (χ3v) is 3.52. The standard InChI is InChI=1S/C13H14N4O4/c1-7-2-3-8(17(19)20)4-10(7)12-15-13(21-16-12)11-5-9(18)6-14-11/h2-4,9,11,14,18H,5-6H2,1H3/t9?,11-/m0/s1. The normalized spacial score (nSPS) is 21.6. The van der Waals surface area contributed by atoms with Gasteiger partial charge in [-0.05, 0) is 18.9 Å². The Hall–Kier alpha value is -2.32. The lowest BCUT2D eigenvalue weighted by Crippen LogP contribution is -2.15. The number of nitro benzene ring substituents is 1. The Bertz CT molecular complexity index is 685. The van der Waals surface area contributed by atoms with Crippen LogP contribution >= 0.6 is 0 Å². The van der Waals surface area contributed by atoms with Gasteiger partial charge in [-0.15, -0.1) is 0 Å². The van der Waals surface area contributed by atoms with Gasteiger partial charge in [0, 0.05) is 24.2 Å². The molecule has 1 fully saturated rings. The van der Waals surface area contributed by atoms with Crippen molar-refractivity contribution in [2.45, 2.75) is 25.5 Å². The summed E-state index contributed by atoms with van der Waals surface area (Å²) in [5, 5.41) is 27.3. The molecule has 21 heavy (non-hydrogen) atoms. The highest BCUT2D eigenvalue weighted by Gasteiger charge is 2.28. The second kappa shape index (κ2) is 5.23. The maximum atomic E-state index is 10.8. The van der Waals surface area contributed by atoms with Crippen LogP contribution in [-0.4, -0.2) is 32.8 Å². The fraction of sp³-hybridized carbons (Fsp3) is 0.385. The third kappa shape index (κ3) is 2.63. The first-order valence-corrected chi connectivity index (χ1v) is 6.55. The van der Waals surface area contributed by atoms with E-state index in [-0.39, 0.29) is 11.7 Å². The van der Waals surface area contributed by atoms with E-state index in [0.717, 1.165) is 5.56 Å². The minimum atomic E-state index is -0.460. The predicted octanol–water partition coefficient (Wildman–Crippen LogP) is 1.35. The Labute approximate surface area is 119 Å². The maximum Gasteiger partial charge on any atom is 0.270 e. The number of rotatable bonds is 3. The number of aryl methyl sites for hydroxylation is 1. The van der Waals surface area contributed by atoms with Crippen LogP contribution in [0.1, 0.15) is 23.9 Å². The zero-order chi connectivity index (χ0) is 15.0. The van der Waals surface area contributed by atoms with Gasteiger partial charge >= 0.3 is 0 Å². The summed E-state index contributed by atoms with van der Waals surface area (Å²) in [5.74, 6) is 0.696. The molecule has 0 aliphatic carbocycles. The van der Waals surface area contributed by atoms with Gasteiger partial charge in [-0.3, -0.25) is 10.1 Å². The summed E-state index contributed by atoms with van der Waals surface area (Å²) < 4.78 is 5.20. The summed E-state index contributed by atoms with van der Waals surface area (Å²) >= 11 is 0. The molecule has 2 aromatic rings. The molecule has 1 aliphatic heterocycles. The van der Waals surface area contributed by atoms with Gasteiger partial charge in [0.1, 0.15) is 0 Å². The number of hydrogen-bond acceptors (Lipinski definition) is 7. The third-order valence-electron chi connectivity index (χ3n) is 3.52. The van der Waals surface area contributed by atoms with Crippen LogP contribution in [0.4, 0.5) is 5.69 Å². The van der Waals surface area contributed by atoms with Crippen LogP contribution in [0.2, 0.25) is 0 Å². The summed E-state index contributed by atoms with van der Waals surface area (Å²) in [5.41, 5.74) is 1.38. The van der Waals surface area contributed by atoms with E-state index >= 15 is 0 Å². The number of nitrogens with zero attached hydrogens (tertiary/aromatic N) is 3. The smallest absolute Gasteiger partial charge is 0.270 e. The molecule has 0 amide bonds. The molecular formula is C13H14N4O4. The number of benzene rings is 1. The molecule has 1 unspecified atom stereocenters. The zero-order valence-electron chi connectivity index (χ0n) is 11.3. The number of nitro groups is 1. The van der Waals surface area contributed by atoms with E-state index in [1.165, 1.54) is 12.1 Å². The lowest BCUT2D eigenvalue weighted by atomic mass is 10.1. The fourth-order valence-corrected chi connectivity index (χ4v) is 2.36. The number of nitrogens with one attached hydrogen (secondary N) is 1. The lowest BCUT2D eigenvalue weighted by Gasteiger charge is -2.02. The molecule has 1 aromatic heterocycles. The van der Waals surface area contributed by atoms with Crippen molar-refractivity contribution in [3.05, 3.63) is 39.8 Å². The van der Waals surface area contributed by atoms with Crippen molar-refractivity contribution in [1.29, 1.82) is 0 Å². The van der Waals surface area contributed by atoms with Crippen molar-refractivity contribution in [2.24, 2.45) is 0 Å². The van der Waals surface area contributed by atoms with Crippen LogP contribution in [0.15, 0.2) is 22.7 Å². The monoisotopic (exact) mass is 290 g/mol. The van der Waals surface area contributed by atoms with E-state index in [1.807, 2.05) is 6.92 Å². The lowest BCUT2D eigenvalue weighted by molar-refractivity contribution is -0.384. The van der Waals surface area contributed by atoms with E-state index in [4.69, 9.17) is 4.52 Å². The molecule has 2 heterocycles. The highest BCUT2D eigenvalue weighted by Crippen LogP contribution is 2.28. The SMILES string of the molecule is Cc1ccc([N+](=O)[O-])cc1-c1noc([C@@H]2CC(O)CN2)n1.